The van der Waals surface area contributed by atoms with Gasteiger partial charge in [-0.1, -0.05) is 12.2 Å². The molecule has 0 aliphatic rings. The summed E-state index contributed by atoms with van der Waals surface area (Å²) in [5.74, 6) is 0. The fourth-order valence-electron chi connectivity index (χ4n) is 1.05. The minimum Gasteiger partial charge on any atom is -0.268 e. The van der Waals surface area contributed by atoms with Crippen LogP contribution in [0.3, 0.4) is 0 Å². The van der Waals surface area contributed by atoms with Crippen LogP contribution < -0.4 is 0 Å². The van der Waals surface area contributed by atoms with Gasteiger partial charge in [-0.05, 0) is 6.07 Å². The third kappa shape index (κ3) is 2.27. The van der Waals surface area contributed by atoms with Crippen LogP contribution in [0.1, 0.15) is 5.01 Å². The molecule has 0 aliphatic carbocycles. The molecule has 1 N–H and O–H groups in total. The quantitative estimate of drug-likeness (QED) is 0.803. The zero-order chi connectivity index (χ0) is 11.8. The van der Waals surface area contributed by atoms with Gasteiger partial charge in [0.2, 0.25) is 0 Å². The van der Waals surface area contributed by atoms with Gasteiger partial charge >= 0.3 is 6.18 Å². The van der Waals surface area contributed by atoms with Crippen molar-refractivity contribution in [3.63, 3.8) is 0 Å². The van der Waals surface area contributed by atoms with E-state index in [9.17, 15) is 13.2 Å². The summed E-state index contributed by atoms with van der Waals surface area (Å²) in [6, 6.07) is 1.54. The number of aromatic nitrogens is 3. The number of hydrogen-bond acceptors (Lipinski definition) is 4. The smallest absolute Gasteiger partial charge is 0.268 e. The molecule has 2 rings (SSSR count). The number of alkyl halides is 3. The lowest BCUT2D eigenvalue weighted by atomic mass is 10.3. The largest absolute Gasteiger partial charge is 0.443 e. The Morgan fingerprint density at radius 1 is 1.31 bits per heavy atom. The predicted molar refractivity (Wildman–Crippen MR) is 55.5 cm³/mol. The third-order valence-electron chi connectivity index (χ3n) is 1.70. The van der Waals surface area contributed by atoms with E-state index in [0.717, 1.165) is 0 Å². The standard InChI is InChI=1S/C8H4F3N3S2/c9-8(10,11)7-12-3-5(16-7)4-1-6(15)14-13-2-4/h1-3H,(H,14,15). The summed E-state index contributed by atoms with van der Waals surface area (Å²) in [5.41, 5.74) is 0.525. The Bertz CT molecular complexity index is 558. The highest BCUT2D eigenvalue weighted by Gasteiger charge is 2.34. The summed E-state index contributed by atoms with van der Waals surface area (Å²) in [6.45, 7) is 0. The Labute approximate surface area is 97.0 Å². The van der Waals surface area contributed by atoms with E-state index in [1.165, 1.54) is 18.5 Å². The van der Waals surface area contributed by atoms with Crippen molar-refractivity contribution in [3.8, 4) is 10.4 Å². The second-order valence-electron chi connectivity index (χ2n) is 2.86. The Kier molecular flexibility index (Phi) is 2.76. The van der Waals surface area contributed by atoms with Gasteiger partial charge in [0.1, 0.15) is 4.64 Å². The highest BCUT2D eigenvalue weighted by molar-refractivity contribution is 7.71. The van der Waals surface area contributed by atoms with Gasteiger partial charge in [0.25, 0.3) is 0 Å². The number of aromatic amines is 1. The molecule has 0 atom stereocenters. The summed E-state index contributed by atoms with van der Waals surface area (Å²) in [6.07, 6.45) is -1.84. The van der Waals surface area contributed by atoms with Crippen LogP contribution in [0, 0.1) is 4.64 Å². The molecule has 0 saturated carbocycles. The zero-order valence-electron chi connectivity index (χ0n) is 7.58. The monoisotopic (exact) mass is 263 g/mol. The first-order valence-corrected chi connectivity index (χ1v) is 5.27. The maximum absolute atomic E-state index is 12.3. The molecular weight excluding hydrogens is 259 g/mol. The van der Waals surface area contributed by atoms with Crippen molar-refractivity contribution in [2.45, 2.75) is 6.18 Å². The Morgan fingerprint density at radius 2 is 2.06 bits per heavy atom. The lowest BCUT2D eigenvalue weighted by Crippen LogP contribution is -2.02. The summed E-state index contributed by atoms with van der Waals surface area (Å²) < 4.78 is 37.3. The highest BCUT2D eigenvalue weighted by Crippen LogP contribution is 2.35. The van der Waals surface area contributed by atoms with E-state index < -0.39 is 11.2 Å². The molecule has 0 aliphatic heterocycles. The molecule has 0 aromatic carbocycles. The molecule has 0 spiro atoms. The molecule has 0 amide bonds. The maximum atomic E-state index is 12.3. The van der Waals surface area contributed by atoms with Crippen LogP contribution in [0.5, 0.6) is 0 Å². The minimum atomic E-state index is -4.41. The summed E-state index contributed by atoms with van der Waals surface area (Å²) in [5, 5.41) is 5.33. The van der Waals surface area contributed by atoms with Crippen molar-refractivity contribution >= 4 is 23.6 Å². The molecular formula is C8H4F3N3S2. The molecule has 0 saturated heterocycles. The zero-order valence-corrected chi connectivity index (χ0v) is 9.21. The average molecular weight is 263 g/mol. The first-order chi connectivity index (χ1) is 7.47. The number of nitrogens with one attached hydrogen (secondary N) is 1. The fraction of sp³-hybridized carbons (Fsp3) is 0.125. The van der Waals surface area contributed by atoms with Gasteiger partial charge in [-0.15, -0.1) is 11.3 Å². The first-order valence-electron chi connectivity index (χ1n) is 4.05. The summed E-state index contributed by atoms with van der Waals surface area (Å²) >= 11 is 5.39. The van der Waals surface area contributed by atoms with Crippen molar-refractivity contribution in [2.75, 3.05) is 0 Å². The predicted octanol–water partition coefficient (Wildman–Crippen LogP) is 3.28. The lowest BCUT2D eigenvalue weighted by Gasteiger charge is -1.99. The SMILES string of the molecule is FC(F)(F)c1ncc(-c2cn[nH]c(=S)c2)s1. The number of thiazole rings is 1. The fourth-order valence-corrected chi connectivity index (χ4v) is 1.99. The van der Waals surface area contributed by atoms with Crippen LogP contribution in [0.4, 0.5) is 13.2 Å². The number of H-pyrrole nitrogens is 1. The summed E-state index contributed by atoms with van der Waals surface area (Å²) in [7, 11) is 0. The van der Waals surface area contributed by atoms with E-state index in [2.05, 4.69) is 15.2 Å². The van der Waals surface area contributed by atoms with Crippen LogP contribution in [-0.2, 0) is 6.18 Å². The van der Waals surface area contributed by atoms with Gasteiger partial charge in [0, 0.05) is 11.8 Å². The molecule has 84 valence electrons. The van der Waals surface area contributed by atoms with Crippen molar-refractivity contribution in [1.29, 1.82) is 0 Å². The van der Waals surface area contributed by atoms with Gasteiger partial charge in [0.05, 0.1) is 11.1 Å². The van der Waals surface area contributed by atoms with Crippen LogP contribution in [0.15, 0.2) is 18.5 Å². The van der Waals surface area contributed by atoms with E-state index in [0.29, 0.717) is 26.4 Å². The number of halogens is 3. The molecule has 0 unspecified atom stereocenters. The Hall–Kier alpha value is -1.28. The van der Waals surface area contributed by atoms with E-state index in [1.807, 2.05) is 0 Å². The van der Waals surface area contributed by atoms with Crippen LogP contribution >= 0.6 is 23.6 Å². The van der Waals surface area contributed by atoms with Crippen molar-refractivity contribution in [3.05, 3.63) is 28.1 Å². The van der Waals surface area contributed by atoms with E-state index in [1.54, 1.807) is 0 Å². The molecule has 2 heterocycles. The van der Waals surface area contributed by atoms with E-state index in [-0.39, 0.29) is 0 Å². The van der Waals surface area contributed by atoms with Gasteiger partial charge in [-0.25, -0.2) is 4.98 Å². The van der Waals surface area contributed by atoms with Crippen LogP contribution in [0.2, 0.25) is 0 Å². The number of rotatable bonds is 1. The van der Waals surface area contributed by atoms with Gasteiger partial charge < -0.3 is 0 Å². The van der Waals surface area contributed by atoms with Gasteiger partial charge in [-0.3, -0.25) is 5.10 Å². The Morgan fingerprint density at radius 3 is 2.62 bits per heavy atom. The molecule has 2 aromatic rings. The molecule has 0 radical (unpaired) electrons. The van der Waals surface area contributed by atoms with E-state index in [4.69, 9.17) is 12.2 Å². The summed E-state index contributed by atoms with van der Waals surface area (Å²) in [4.78, 5) is 3.70. The first kappa shape index (κ1) is 11.2. The molecule has 2 aromatic heterocycles. The second kappa shape index (κ2) is 3.95. The van der Waals surface area contributed by atoms with Gasteiger partial charge in [-0.2, -0.15) is 18.3 Å². The average Bonchev–Trinajstić information content (AvgIpc) is 2.65. The van der Waals surface area contributed by atoms with E-state index >= 15 is 0 Å². The number of hydrogen-bond donors (Lipinski definition) is 1. The topological polar surface area (TPSA) is 41.6 Å². The van der Waals surface area contributed by atoms with Gasteiger partial charge in [0.15, 0.2) is 5.01 Å². The molecule has 0 fully saturated rings. The maximum Gasteiger partial charge on any atom is 0.443 e. The molecule has 8 heteroatoms. The van der Waals surface area contributed by atoms with Crippen molar-refractivity contribution in [2.24, 2.45) is 0 Å². The Balaban J connectivity index is 2.43. The minimum absolute atomic E-state index is 0.361. The van der Waals surface area contributed by atoms with Crippen LogP contribution in [0.25, 0.3) is 10.4 Å². The van der Waals surface area contributed by atoms with Crippen LogP contribution in [-0.4, -0.2) is 15.2 Å². The molecule has 16 heavy (non-hydrogen) atoms. The third-order valence-corrected chi connectivity index (χ3v) is 3.00. The number of nitrogens with zero attached hydrogens (tertiary/aromatic N) is 2. The molecule has 0 bridgehead atoms. The second-order valence-corrected chi connectivity index (χ2v) is 4.33. The lowest BCUT2D eigenvalue weighted by molar-refractivity contribution is -0.137. The highest BCUT2D eigenvalue weighted by atomic mass is 32.1. The normalized spacial score (nSPS) is 11.7. The molecule has 3 nitrogen and oxygen atoms in total. The van der Waals surface area contributed by atoms with Crippen molar-refractivity contribution < 1.29 is 13.2 Å². The van der Waals surface area contributed by atoms with Crippen molar-refractivity contribution in [1.82, 2.24) is 15.2 Å².